The zero-order valence-corrected chi connectivity index (χ0v) is 12.0. The summed E-state index contributed by atoms with van der Waals surface area (Å²) in [5.74, 6) is -1.30. The smallest absolute Gasteiger partial charge is 0.309 e. The average molecular weight is 307 g/mol. The maximum absolute atomic E-state index is 11.6. The lowest BCUT2D eigenvalue weighted by molar-refractivity contribution is -0.139. The molecule has 110 valence electrons. The van der Waals surface area contributed by atoms with E-state index in [4.69, 9.17) is 16.0 Å². The molecule has 0 aliphatic heterocycles. The highest BCUT2D eigenvalue weighted by Crippen LogP contribution is 2.08. The lowest BCUT2D eigenvalue weighted by Gasteiger charge is -2.06. The van der Waals surface area contributed by atoms with Crippen LogP contribution in [0.15, 0.2) is 47.3 Å². The van der Waals surface area contributed by atoms with E-state index in [0.717, 1.165) is 11.1 Å². The Bertz CT molecular complexity index is 594. The molecule has 2 N–H and O–H groups in total. The van der Waals surface area contributed by atoms with Crippen LogP contribution in [-0.2, 0) is 22.6 Å². The summed E-state index contributed by atoms with van der Waals surface area (Å²) >= 11 is 5.77. The summed E-state index contributed by atoms with van der Waals surface area (Å²) in [5, 5.41) is 5.73. The average Bonchev–Trinajstić information content (AvgIpc) is 2.99. The van der Waals surface area contributed by atoms with Gasteiger partial charge in [-0.05, 0) is 35.7 Å². The van der Waals surface area contributed by atoms with Crippen molar-refractivity contribution in [3.8, 4) is 0 Å². The van der Waals surface area contributed by atoms with Gasteiger partial charge in [-0.2, -0.15) is 0 Å². The van der Waals surface area contributed by atoms with Crippen LogP contribution in [0, 0.1) is 0 Å². The third-order valence-corrected chi connectivity index (χ3v) is 3.10. The first kappa shape index (κ1) is 15.1. The zero-order valence-electron chi connectivity index (χ0n) is 11.3. The summed E-state index contributed by atoms with van der Waals surface area (Å²) in [7, 11) is 0. The Morgan fingerprint density at radius 1 is 1.00 bits per heavy atom. The topological polar surface area (TPSA) is 71.3 Å². The minimum atomic E-state index is -0.655. The van der Waals surface area contributed by atoms with Gasteiger partial charge in [0.25, 0.3) is 0 Å². The molecule has 0 bridgehead atoms. The van der Waals surface area contributed by atoms with Gasteiger partial charge in [-0.1, -0.05) is 23.7 Å². The molecular formula is C15H15ClN2O3. The third kappa shape index (κ3) is 4.96. The van der Waals surface area contributed by atoms with Crippen molar-refractivity contribution < 1.29 is 14.0 Å². The lowest BCUT2D eigenvalue weighted by atomic mass is 10.2. The van der Waals surface area contributed by atoms with Crippen LogP contribution in [0.3, 0.4) is 0 Å². The van der Waals surface area contributed by atoms with Gasteiger partial charge in [0.05, 0.1) is 12.5 Å². The van der Waals surface area contributed by atoms with Gasteiger partial charge in [0.15, 0.2) is 0 Å². The van der Waals surface area contributed by atoms with Crippen molar-refractivity contribution in [3.05, 3.63) is 59.0 Å². The molecule has 2 rings (SSSR count). The standard InChI is InChI=1S/C15H15ClN2O3/c16-13-3-1-11(2-4-13)9-18-15(20)14(19)17-7-5-12-6-8-21-10-12/h1-4,6,8,10H,5,7,9H2,(H,17,19)(H,18,20). The molecule has 1 heterocycles. The molecule has 1 aromatic carbocycles. The summed E-state index contributed by atoms with van der Waals surface area (Å²) in [6.07, 6.45) is 3.79. The number of furan rings is 1. The highest BCUT2D eigenvalue weighted by Gasteiger charge is 2.12. The SMILES string of the molecule is O=C(NCCc1ccoc1)C(=O)NCc1ccc(Cl)cc1. The largest absolute Gasteiger partial charge is 0.472 e. The molecule has 0 unspecified atom stereocenters. The number of hydrogen-bond donors (Lipinski definition) is 2. The van der Waals surface area contributed by atoms with Crippen molar-refractivity contribution in [1.29, 1.82) is 0 Å². The molecule has 2 aromatic rings. The molecule has 0 saturated heterocycles. The van der Waals surface area contributed by atoms with E-state index >= 15 is 0 Å². The number of amides is 2. The minimum Gasteiger partial charge on any atom is -0.472 e. The summed E-state index contributed by atoms with van der Waals surface area (Å²) in [4.78, 5) is 23.2. The van der Waals surface area contributed by atoms with Crippen molar-refractivity contribution in [2.24, 2.45) is 0 Å². The molecule has 1 aromatic heterocycles. The molecule has 0 radical (unpaired) electrons. The van der Waals surface area contributed by atoms with Gasteiger partial charge in [-0.25, -0.2) is 0 Å². The number of carbonyl (C=O) groups excluding carboxylic acids is 2. The van der Waals surface area contributed by atoms with E-state index in [0.29, 0.717) is 18.0 Å². The molecule has 0 fully saturated rings. The van der Waals surface area contributed by atoms with Crippen LogP contribution in [0.2, 0.25) is 5.02 Å². The zero-order chi connectivity index (χ0) is 15.1. The summed E-state index contributed by atoms with van der Waals surface area (Å²) < 4.78 is 4.91. The van der Waals surface area contributed by atoms with Crippen LogP contribution in [0.25, 0.3) is 0 Å². The Hall–Kier alpha value is -2.27. The van der Waals surface area contributed by atoms with Crippen molar-refractivity contribution in [3.63, 3.8) is 0 Å². The third-order valence-electron chi connectivity index (χ3n) is 2.85. The van der Waals surface area contributed by atoms with Crippen LogP contribution < -0.4 is 10.6 Å². The fourth-order valence-electron chi connectivity index (χ4n) is 1.70. The van der Waals surface area contributed by atoms with Crippen molar-refractivity contribution >= 4 is 23.4 Å². The van der Waals surface area contributed by atoms with Crippen LogP contribution in [0.4, 0.5) is 0 Å². The molecule has 0 saturated carbocycles. The van der Waals surface area contributed by atoms with Crippen LogP contribution in [0.5, 0.6) is 0 Å². The van der Waals surface area contributed by atoms with Gasteiger partial charge in [0.1, 0.15) is 0 Å². The van der Waals surface area contributed by atoms with Crippen molar-refractivity contribution in [2.45, 2.75) is 13.0 Å². The predicted octanol–water partition coefficient (Wildman–Crippen LogP) is 1.91. The second kappa shape index (κ2) is 7.50. The van der Waals surface area contributed by atoms with E-state index in [-0.39, 0.29) is 6.54 Å². The highest BCUT2D eigenvalue weighted by atomic mass is 35.5. The Balaban J connectivity index is 1.69. The molecule has 6 heteroatoms. The fourth-order valence-corrected chi connectivity index (χ4v) is 1.83. The van der Waals surface area contributed by atoms with Gasteiger partial charge < -0.3 is 15.1 Å². The summed E-state index contributed by atoms with van der Waals surface area (Å²) in [5.41, 5.74) is 1.84. The number of hydrogen-bond acceptors (Lipinski definition) is 3. The minimum absolute atomic E-state index is 0.283. The van der Waals surface area contributed by atoms with Gasteiger partial charge in [0, 0.05) is 18.1 Å². The van der Waals surface area contributed by atoms with Crippen molar-refractivity contribution in [2.75, 3.05) is 6.54 Å². The van der Waals surface area contributed by atoms with Crippen molar-refractivity contribution in [1.82, 2.24) is 10.6 Å². The Kier molecular flexibility index (Phi) is 5.40. The molecule has 0 spiro atoms. The van der Waals surface area contributed by atoms with E-state index in [2.05, 4.69) is 10.6 Å². The van der Waals surface area contributed by atoms with E-state index in [9.17, 15) is 9.59 Å². The molecule has 0 aliphatic carbocycles. The Labute approximate surface area is 127 Å². The van der Waals surface area contributed by atoms with E-state index in [1.54, 1.807) is 36.8 Å². The first-order chi connectivity index (χ1) is 10.1. The predicted molar refractivity (Wildman–Crippen MR) is 78.7 cm³/mol. The monoisotopic (exact) mass is 306 g/mol. The van der Waals surface area contributed by atoms with E-state index in [1.165, 1.54) is 0 Å². The molecule has 5 nitrogen and oxygen atoms in total. The second-order valence-corrected chi connectivity index (χ2v) is 4.88. The fraction of sp³-hybridized carbons (Fsp3) is 0.200. The highest BCUT2D eigenvalue weighted by molar-refractivity contribution is 6.35. The maximum Gasteiger partial charge on any atom is 0.309 e. The van der Waals surface area contributed by atoms with Gasteiger partial charge in [-0.15, -0.1) is 0 Å². The Morgan fingerprint density at radius 3 is 2.38 bits per heavy atom. The number of benzene rings is 1. The molecule has 21 heavy (non-hydrogen) atoms. The van der Waals surface area contributed by atoms with Crippen LogP contribution >= 0.6 is 11.6 Å². The van der Waals surface area contributed by atoms with Gasteiger partial charge >= 0.3 is 11.8 Å². The Morgan fingerprint density at radius 2 is 1.71 bits per heavy atom. The number of halogens is 1. The number of carbonyl (C=O) groups is 2. The number of rotatable bonds is 5. The van der Waals surface area contributed by atoms with Crippen LogP contribution in [0.1, 0.15) is 11.1 Å². The first-order valence-electron chi connectivity index (χ1n) is 6.46. The molecule has 0 atom stereocenters. The van der Waals surface area contributed by atoms with E-state index < -0.39 is 11.8 Å². The molecule has 2 amide bonds. The number of nitrogens with one attached hydrogen (secondary N) is 2. The maximum atomic E-state index is 11.6. The van der Waals surface area contributed by atoms with Gasteiger partial charge in [0.2, 0.25) is 0 Å². The first-order valence-corrected chi connectivity index (χ1v) is 6.84. The molecule has 0 aliphatic rings. The molecular weight excluding hydrogens is 292 g/mol. The summed E-state index contributed by atoms with van der Waals surface area (Å²) in [6.45, 7) is 0.665. The lowest BCUT2D eigenvalue weighted by Crippen LogP contribution is -2.40. The second-order valence-electron chi connectivity index (χ2n) is 4.45. The normalized spacial score (nSPS) is 10.1. The van der Waals surface area contributed by atoms with Crippen LogP contribution in [-0.4, -0.2) is 18.4 Å². The quantitative estimate of drug-likeness (QED) is 0.829. The summed E-state index contributed by atoms with van der Waals surface area (Å²) in [6, 6.07) is 8.85. The van der Waals surface area contributed by atoms with E-state index in [1.807, 2.05) is 6.07 Å². The van der Waals surface area contributed by atoms with Gasteiger partial charge in [-0.3, -0.25) is 9.59 Å².